The highest BCUT2D eigenvalue weighted by Gasteiger charge is 2.34. The van der Waals surface area contributed by atoms with E-state index in [2.05, 4.69) is 5.32 Å². The highest BCUT2D eigenvalue weighted by Crippen LogP contribution is 2.27. The molecule has 1 aromatic carbocycles. The minimum atomic E-state index is -2.65. The van der Waals surface area contributed by atoms with Crippen LogP contribution in [0.5, 0.6) is 0 Å². The number of benzene rings is 1. The highest BCUT2D eigenvalue weighted by molar-refractivity contribution is 5.93. The van der Waals surface area contributed by atoms with Crippen LogP contribution in [0.2, 0.25) is 0 Å². The van der Waals surface area contributed by atoms with Gasteiger partial charge in [-0.15, -0.1) is 0 Å². The number of carbonyl (C=O) groups excluding carboxylic acids is 3. The number of rotatable bonds is 6. The van der Waals surface area contributed by atoms with Gasteiger partial charge in [0.2, 0.25) is 11.8 Å². The van der Waals surface area contributed by atoms with Crippen LogP contribution in [0, 0.1) is 11.8 Å². The first kappa shape index (κ1) is 13.9. The summed E-state index contributed by atoms with van der Waals surface area (Å²) in [5, 5.41) is 12.2. The number of aliphatic hydroxyl groups is 1. The maximum atomic E-state index is 13.3. The molecule has 1 aromatic rings. The largest absolute Gasteiger partial charge is 0.385 e. The summed E-state index contributed by atoms with van der Waals surface area (Å²) in [5.41, 5.74) is -0.527. The smallest absolute Gasteiger partial charge is 0.249 e. The lowest BCUT2D eigenvalue weighted by atomic mass is 9.94. The van der Waals surface area contributed by atoms with Gasteiger partial charge in [-0.25, -0.2) is 0 Å². The van der Waals surface area contributed by atoms with Crippen molar-refractivity contribution < 1.29 is 27.7 Å². The topological polar surface area (TPSA) is 86.7 Å². The SMILES string of the molecule is [2H]c1c([2H])c([2H])c2c(c1[2H])CC([2H])(C)N(C)C(=O)[C@@]2([2H])NC(=O)[C@H](C)CC(=O)[C@@H](O)C(C)C. The highest BCUT2D eigenvalue weighted by atomic mass is 16.3. The van der Waals surface area contributed by atoms with E-state index in [1.165, 1.54) is 20.9 Å². The van der Waals surface area contributed by atoms with Crippen molar-refractivity contribution in [3.63, 3.8) is 0 Å². The monoisotopic (exact) mass is 380 g/mol. The van der Waals surface area contributed by atoms with Crippen molar-refractivity contribution in [3.8, 4) is 0 Å². The Labute approximate surface area is 169 Å². The zero-order valence-electron chi connectivity index (χ0n) is 22.3. The van der Waals surface area contributed by atoms with E-state index in [4.69, 9.17) is 8.22 Å². The van der Waals surface area contributed by atoms with Crippen LogP contribution in [-0.4, -0.2) is 46.8 Å². The fourth-order valence-electron chi connectivity index (χ4n) is 2.76. The maximum Gasteiger partial charge on any atom is 0.249 e. The molecule has 1 heterocycles. The number of amides is 2. The van der Waals surface area contributed by atoms with Gasteiger partial charge >= 0.3 is 0 Å². The van der Waals surface area contributed by atoms with Crippen LogP contribution < -0.4 is 5.32 Å². The van der Waals surface area contributed by atoms with Gasteiger partial charge < -0.3 is 15.3 Å². The summed E-state index contributed by atoms with van der Waals surface area (Å²) in [6.45, 7) is 6.06. The van der Waals surface area contributed by atoms with Crippen molar-refractivity contribution in [1.82, 2.24) is 10.2 Å². The van der Waals surface area contributed by atoms with Gasteiger partial charge in [0.25, 0.3) is 0 Å². The van der Waals surface area contributed by atoms with Crippen LogP contribution in [0.1, 0.15) is 59.5 Å². The minimum absolute atomic E-state index is 0.106. The van der Waals surface area contributed by atoms with E-state index in [-0.39, 0.29) is 24.3 Å². The van der Waals surface area contributed by atoms with Gasteiger partial charge in [0.05, 0.1) is 8.22 Å². The number of aliphatic hydroxyl groups excluding tert-OH is 1. The quantitative estimate of drug-likeness (QED) is 0.789. The van der Waals surface area contributed by atoms with Crippen molar-refractivity contribution >= 4 is 17.6 Å². The molecular weight excluding hydrogens is 344 g/mol. The molecule has 6 nitrogen and oxygen atoms in total. The lowest BCUT2D eigenvalue weighted by Crippen LogP contribution is -2.44. The molecule has 27 heavy (non-hydrogen) atoms. The van der Waals surface area contributed by atoms with E-state index < -0.39 is 71.4 Å². The molecule has 0 aromatic heterocycles. The van der Waals surface area contributed by atoms with Gasteiger partial charge in [0.15, 0.2) is 5.78 Å². The van der Waals surface area contributed by atoms with Gasteiger partial charge in [-0.2, -0.15) is 0 Å². The number of carbonyl (C=O) groups is 3. The third kappa shape index (κ3) is 4.75. The first-order valence-electron chi connectivity index (χ1n) is 11.9. The molecule has 148 valence electrons. The maximum absolute atomic E-state index is 13.3. The first-order valence-corrected chi connectivity index (χ1v) is 8.88. The van der Waals surface area contributed by atoms with E-state index >= 15 is 0 Å². The van der Waals surface area contributed by atoms with Crippen molar-refractivity contribution in [3.05, 3.63) is 35.3 Å². The molecule has 4 atom stereocenters. The lowest BCUT2D eigenvalue weighted by Gasteiger charge is -2.26. The Morgan fingerprint density at radius 2 is 2.00 bits per heavy atom. The second-order valence-electron chi connectivity index (χ2n) is 7.25. The molecule has 6 heteroatoms. The Morgan fingerprint density at radius 3 is 2.63 bits per heavy atom. The Kier molecular flexibility index (Phi) is 4.45. The van der Waals surface area contributed by atoms with Crippen LogP contribution >= 0.6 is 0 Å². The molecule has 0 saturated carbocycles. The normalized spacial score (nSPS) is 30.6. The van der Waals surface area contributed by atoms with E-state index in [1.54, 1.807) is 13.8 Å². The summed E-state index contributed by atoms with van der Waals surface area (Å²) in [7, 11) is 1.26. The summed E-state index contributed by atoms with van der Waals surface area (Å²) in [6.07, 6.45) is -1.90. The van der Waals surface area contributed by atoms with Crippen LogP contribution in [0.3, 0.4) is 0 Å². The van der Waals surface area contributed by atoms with Crippen LogP contribution in [0.15, 0.2) is 24.2 Å². The standard InChI is InChI=1S/C21H30N2O4/c1-12(2)19(25)17(24)10-13(3)20(26)22-18-16-9-7-6-8-15(16)11-14(4)23(5)21(18)27/h6-9,12-14,18-19,25H,10-11H2,1-5H3,(H,22,26)/t13-,14?,18+,19+/m1/s1/i6D,7D,8D,9D,14D,18D. The third-order valence-electron chi connectivity index (χ3n) is 4.70. The van der Waals surface area contributed by atoms with E-state index in [1.807, 2.05) is 0 Å². The van der Waals surface area contributed by atoms with Crippen LogP contribution in [-0.2, 0) is 20.8 Å². The summed E-state index contributed by atoms with van der Waals surface area (Å²) in [6, 6.07) is -6.68. The molecule has 0 saturated heterocycles. The van der Waals surface area contributed by atoms with Gasteiger partial charge in [0, 0.05) is 25.4 Å². The average molecular weight is 381 g/mol. The molecule has 0 radical (unpaired) electrons. The molecule has 2 N–H and O–H groups in total. The van der Waals surface area contributed by atoms with Crippen molar-refractivity contribution in [2.75, 3.05) is 7.05 Å². The molecule has 0 spiro atoms. The van der Waals surface area contributed by atoms with Crippen LogP contribution in [0.25, 0.3) is 0 Å². The Bertz CT molecular complexity index is 1000. The van der Waals surface area contributed by atoms with E-state index in [0.29, 0.717) is 0 Å². The fraction of sp³-hybridized carbons (Fsp3) is 0.571. The number of fused-ring (bicyclic) bond motifs is 1. The van der Waals surface area contributed by atoms with Gasteiger partial charge in [-0.1, -0.05) is 44.9 Å². The summed E-state index contributed by atoms with van der Waals surface area (Å²) in [5.74, 6) is -3.88. The predicted molar refractivity (Wildman–Crippen MR) is 103 cm³/mol. The number of hydrogen-bond acceptors (Lipinski definition) is 4. The van der Waals surface area contributed by atoms with E-state index in [0.717, 1.165) is 4.90 Å². The molecule has 1 aliphatic heterocycles. The van der Waals surface area contributed by atoms with Crippen LogP contribution in [0.4, 0.5) is 0 Å². The van der Waals surface area contributed by atoms with Crippen molar-refractivity contribution in [1.29, 1.82) is 0 Å². The fourth-order valence-corrected chi connectivity index (χ4v) is 2.76. The molecule has 2 amide bonds. The van der Waals surface area contributed by atoms with Gasteiger partial charge in [-0.05, 0) is 30.4 Å². The summed E-state index contributed by atoms with van der Waals surface area (Å²) < 4.78 is 50.0. The van der Waals surface area contributed by atoms with Gasteiger partial charge in [-0.3, -0.25) is 14.4 Å². The predicted octanol–water partition coefficient (Wildman–Crippen LogP) is 1.86. The molecule has 1 unspecified atom stereocenters. The minimum Gasteiger partial charge on any atom is -0.385 e. The molecule has 0 fully saturated rings. The van der Waals surface area contributed by atoms with Gasteiger partial charge in [0.1, 0.15) is 12.1 Å². The molecule has 0 bridgehead atoms. The Hall–Kier alpha value is -2.21. The zero-order valence-corrected chi connectivity index (χ0v) is 16.3. The van der Waals surface area contributed by atoms with E-state index in [9.17, 15) is 19.5 Å². The third-order valence-corrected chi connectivity index (χ3v) is 4.70. The van der Waals surface area contributed by atoms with Crippen molar-refractivity contribution in [2.45, 2.75) is 58.7 Å². The zero-order chi connectivity index (χ0) is 25.6. The second kappa shape index (κ2) is 8.65. The summed E-state index contributed by atoms with van der Waals surface area (Å²) >= 11 is 0. The number of hydrogen-bond donors (Lipinski definition) is 2. The molecule has 2 rings (SSSR count). The number of likely N-dealkylation sites (N-methyl/N-ethyl adjacent to an activating group) is 1. The molecule has 1 aliphatic rings. The molecular formula is C21H30N2O4. The Balaban J connectivity index is 2.59. The second-order valence-corrected chi connectivity index (χ2v) is 7.25. The summed E-state index contributed by atoms with van der Waals surface area (Å²) in [4.78, 5) is 39.4. The molecule has 0 aliphatic carbocycles. The Morgan fingerprint density at radius 1 is 1.37 bits per heavy atom. The van der Waals surface area contributed by atoms with Crippen molar-refractivity contribution in [2.24, 2.45) is 11.8 Å². The lowest BCUT2D eigenvalue weighted by molar-refractivity contribution is -0.138. The average Bonchev–Trinajstić information content (AvgIpc) is 2.78. The number of nitrogens with one attached hydrogen (secondary N) is 1. The number of nitrogens with zero attached hydrogens (tertiary/aromatic N) is 1. The number of Topliss-reactive ketones (excluding diaryl/α,β-unsaturated/α-hetero) is 1. The number of ketones is 1. The first-order chi connectivity index (χ1) is 15.0.